The summed E-state index contributed by atoms with van der Waals surface area (Å²) in [5, 5.41) is 7.15. The number of carbonyl (C=O) groups excluding carboxylic acids is 3. The Bertz CT molecular complexity index is 1350. The summed E-state index contributed by atoms with van der Waals surface area (Å²) in [5.41, 5.74) is -0.602. The van der Waals surface area contributed by atoms with Gasteiger partial charge in [-0.05, 0) is 24.1 Å². The first-order chi connectivity index (χ1) is 19.7. The van der Waals surface area contributed by atoms with Crippen molar-refractivity contribution in [1.29, 1.82) is 0 Å². The highest BCUT2D eigenvalue weighted by Crippen LogP contribution is 2.32. The molecule has 1 N–H and O–H groups in total. The number of amides is 2. The first kappa shape index (κ1) is 29.6. The largest absolute Gasteiger partial charge is 0.443 e. The van der Waals surface area contributed by atoms with Crippen molar-refractivity contribution in [3.8, 4) is 0 Å². The maximum atomic E-state index is 13.4. The predicted octanol–water partition coefficient (Wildman–Crippen LogP) is 4.97. The zero-order chi connectivity index (χ0) is 29.4. The number of piperazine rings is 1. The fraction of sp³-hybridized carbons (Fsp3) is 0.379. The van der Waals surface area contributed by atoms with Gasteiger partial charge in [0.2, 0.25) is 0 Å². The molecule has 1 fully saturated rings. The van der Waals surface area contributed by atoms with E-state index < -0.39 is 35.2 Å². The maximum absolute atomic E-state index is 13.4. The maximum Gasteiger partial charge on any atom is 0.435 e. The van der Waals surface area contributed by atoms with Crippen LogP contribution in [0.15, 0.2) is 60.7 Å². The third kappa shape index (κ3) is 7.44. The molecule has 1 aliphatic rings. The molecule has 218 valence electrons. The Kier molecular flexibility index (Phi) is 9.64. The summed E-state index contributed by atoms with van der Waals surface area (Å²) in [6.07, 6.45) is -2.75. The van der Waals surface area contributed by atoms with Gasteiger partial charge in [0.1, 0.15) is 12.3 Å². The van der Waals surface area contributed by atoms with Gasteiger partial charge in [-0.3, -0.25) is 9.59 Å². The highest BCUT2D eigenvalue weighted by atomic mass is 19.4. The highest BCUT2D eigenvalue weighted by molar-refractivity contribution is 5.97. The Morgan fingerprint density at radius 1 is 0.951 bits per heavy atom. The number of anilines is 1. The summed E-state index contributed by atoms with van der Waals surface area (Å²) >= 11 is 0. The number of halogens is 3. The van der Waals surface area contributed by atoms with Gasteiger partial charge in [-0.15, -0.1) is 5.10 Å². The molecule has 0 bridgehead atoms. The van der Waals surface area contributed by atoms with E-state index in [0.717, 1.165) is 35.6 Å². The lowest BCUT2D eigenvalue weighted by Gasteiger charge is -2.35. The molecule has 0 atom stereocenters. The topological polar surface area (TPSA) is 96.8 Å². The van der Waals surface area contributed by atoms with E-state index in [1.165, 1.54) is 29.2 Å². The molecule has 2 heterocycles. The number of rotatable bonds is 9. The predicted molar refractivity (Wildman–Crippen MR) is 146 cm³/mol. The number of hydrogen-bond donors (Lipinski definition) is 1. The fourth-order valence-electron chi connectivity index (χ4n) is 4.50. The molecular formula is C29H32F3N5O4. The van der Waals surface area contributed by atoms with E-state index in [1.54, 1.807) is 17.0 Å². The third-order valence-electron chi connectivity index (χ3n) is 6.73. The second-order valence-electron chi connectivity index (χ2n) is 9.63. The standard InChI is InChI=1S/C29H32F3N5O4/c1-2-3-9-14-33-26(38)24-19-25(34-37(24)28(40)41-20-21-10-5-4-6-11-21)35-15-17-36(18-16-35)27(39)22-12-7-8-13-23(22)29(30,31)32/h4-8,10-13,19H,2-3,9,14-18,20H2,1H3,(H,33,38). The quantitative estimate of drug-likeness (QED) is 0.365. The Labute approximate surface area is 235 Å². The van der Waals surface area contributed by atoms with Gasteiger partial charge >= 0.3 is 12.3 Å². The average Bonchev–Trinajstić information content (AvgIpc) is 3.44. The molecule has 0 radical (unpaired) electrons. The number of unbranched alkanes of at least 4 members (excludes halogenated alkanes) is 2. The van der Waals surface area contributed by atoms with E-state index in [0.29, 0.717) is 12.4 Å². The third-order valence-corrected chi connectivity index (χ3v) is 6.73. The van der Waals surface area contributed by atoms with Gasteiger partial charge in [-0.25, -0.2) is 4.79 Å². The van der Waals surface area contributed by atoms with Gasteiger partial charge in [0.05, 0.1) is 11.1 Å². The molecule has 41 heavy (non-hydrogen) atoms. The van der Waals surface area contributed by atoms with Crippen molar-refractivity contribution in [2.75, 3.05) is 37.6 Å². The molecule has 2 amide bonds. The molecule has 1 saturated heterocycles. The number of ether oxygens (including phenoxy) is 1. The summed E-state index contributed by atoms with van der Waals surface area (Å²) in [6, 6.07) is 15.3. The number of nitrogens with zero attached hydrogens (tertiary/aromatic N) is 4. The van der Waals surface area contributed by atoms with Gasteiger partial charge in [0.25, 0.3) is 11.8 Å². The van der Waals surface area contributed by atoms with Crippen molar-refractivity contribution in [2.24, 2.45) is 0 Å². The molecule has 4 rings (SSSR count). The van der Waals surface area contributed by atoms with Gasteiger partial charge in [-0.1, -0.05) is 62.2 Å². The van der Waals surface area contributed by atoms with Crippen LogP contribution in [0.5, 0.6) is 0 Å². The number of carbonyl (C=O) groups is 3. The van der Waals surface area contributed by atoms with Crippen LogP contribution in [0.25, 0.3) is 0 Å². The average molecular weight is 572 g/mol. The lowest BCUT2D eigenvalue weighted by atomic mass is 10.1. The minimum atomic E-state index is -4.65. The van der Waals surface area contributed by atoms with E-state index in [4.69, 9.17) is 4.74 Å². The van der Waals surface area contributed by atoms with E-state index in [2.05, 4.69) is 10.4 Å². The molecule has 1 aromatic heterocycles. The molecule has 0 aliphatic carbocycles. The normalized spacial score (nSPS) is 13.7. The van der Waals surface area contributed by atoms with Crippen molar-refractivity contribution < 1.29 is 32.3 Å². The monoisotopic (exact) mass is 571 g/mol. The van der Waals surface area contributed by atoms with Crippen LogP contribution < -0.4 is 10.2 Å². The zero-order valence-electron chi connectivity index (χ0n) is 22.7. The molecule has 0 unspecified atom stereocenters. The smallest absolute Gasteiger partial charge is 0.435 e. The van der Waals surface area contributed by atoms with E-state index in [9.17, 15) is 27.6 Å². The van der Waals surface area contributed by atoms with Crippen LogP contribution in [0.3, 0.4) is 0 Å². The van der Waals surface area contributed by atoms with E-state index in [-0.39, 0.29) is 38.5 Å². The Balaban J connectivity index is 1.47. The van der Waals surface area contributed by atoms with Crippen LogP contribution in [0, 0.1) is 0 Å². The Morgan fingerprint density at radius 3 is 2.32 bits per heavy atom. The van der Waals surface area contributed by atoms with Crippen molar-refractivity contribution >= 4 is 23.7 Å². The number of nitrogens with one attached hydrogen (secondary N) is 1. The van der Waals surface area contributed by atoms with Gasteiger partial charge in [0, 0.05) is 38.8 Å². The van der Waals surface area contributed by atoms with Crippen LogP contribution in [0.2, 0.25) is 0 Å². The molecule has 3 aromatic rings. The van der Waals surface area contributed by atoms with Crippen LogP contribution in [0.1, 0.15) is 58.2 Å². The Hall–Kier alpha value is -4.35. The first-order valence-electron chi connectivity index (χ1n) is 13.5. The van der Waals surface area contributed by atoms with Crippen LogP contribution >= 0.6 is 0 Å². The summed E-state index contributed by atoms with van der Waals surface area (Å²) in [6.45, 7) is 3.23. The number of alkyl halides is 3. The molecule has 12 heteroatoms. The van der Waals surface area contributed by atoms with Crippen LogP contribution in [-0.4, -0.2) is 65.3 Å². The second-order valence-corrected chi connectivity index (χ2v) is 9.63. The zero-order valence-corrected chi connectivity index (χ0v) is 22.7. The van der Waals surface area contributed by atoms with Gasteiger partial charge in [-0.2, -0.15) is 17.9 Å². The molecule has 9 nitrogen and oxygen atoms in total. The minimum absolute atomic E-state index is 0.00664. The van der Waals surface area contributed by atoms with E-state index in [1.807, 2.05) is 25.1 Å². The van der Waals surface area contributed by atoms with Crippen LogP contribution in [0.4, 0.5) is 23.8 Å². The van der Waals surface area contributed by atoms with Crippen molar-refractivity contribution in [2.45, 2.75) is 39.0 Å². The second kappa shape index (κ2) is 13.3. The number of hydrogen-bond acceptors (Lipinski definition) is 6. The lowest BCUT2D eigenvalue weighted by molar-refractivity contribution is -0.138. The summed E-state index contributed by atoms with van der Waals surface area (Å²) in [5.74, 6) is -0.864. The number of aromatic nitrogens is 2. The van der Waals surface area contributed by atoms with E-state index >= 15 is 0 Å². The minimum Gasteiger partial charge on any atom is -0.443 e. The molecule has 2 aromatic carbocycles. The first-order valence-corrected chi connectivity index (χ1v) is 13.5. The highest BCUT2D eigenvalue weighted by Gasteiger charge is 2.36. The van der Waals surface area contributed by atoms with Crippen molar-refractivity contribution in [3.63, 3.8) is 0 Å². The summed E-state index contributed by atoms with van der Waals surface area (Å²) < 4.78 is 46.6. The summed E-state index contributed by atoms with van der Waals surface area (Å²) in [4.78, 5) is 42.0. The lowest BCUT2D eigenvalue weighted by Crippen LogP contribution is -2.49. The van der Waals surface area contributed by atoms with Crippen molar-refractivity contribution in [1.82, 2.24) is 20.0 Å². The SMILES string of the molecule is CCCCCNC(=O)c1cc(N2CCN(C(=O)c3ccccc3C(F)(F)F)CC2)nn1C(=O)OCc1ccccc1. The molecule has 1 aliphatic heterocycles. The molecule has 0 spiro atoms. The van der Waals surface area contributed by atoms with Crippen LogP contribution in [-0.2, 0) is 17.5 Å². The van der Waals surface area contributed by atoms with Gasteiger partial charge in [0.15, 0.2) is 5.82 Å². The summed E-state index contributed by atoms with van der Waals surface area (Å²) in [7, 11) is 0. The van der Waals surface area contributed by atoms with Gasteiger partial charge < -0.3 is 19.9 Å². The number of benzene rings is 2. The van der Waals surface area contributed by atoms with Crippen molar-refractivity contribution in [3.05, 3.63) is 83.0 Å². The fourth-order valence-corrected chi connectivity index (χ4v) is 4.50. The molecular weight excluding hydrogens is 539 g/mol. The Morgan fingerprint density at radius 2 is 1.63 bits per heavy atom. The molecule has 0 saturated carbocycles.